The van der Waals surface area contributed by atoms with Crippen molar-refractivity contribution in [3.05, 3.63) is 6.33 Å². The van der Waals surface area contributed by atoms with Crippen LogP contribution in [0.2, 0.25) is 0 Å². The Kier molecular flexibility index (Phi) is 3.46. The second kappa shape index (κ2) is 5.24. The zero-order chi connectivity index (χ0) is 13.1. The monoisotopic (exact) mass is 265 g/mol. The van der Waals surface area contributed by atoms with E-state index in [1.807, 2.05) is 4.90 Å². The van der Waals surface area contributed by atoms with Crippen LogP contribution in [0.4, 0.5) is 0 Å². The number of tetrazole rings is 1. The average molecular weight is 265 g/mol. The third kappa shape index (κ3) is 2.22. The largest absolute Gasteiger partial charge is 0.378 e. The summed E-state index contributed by atoms with van der Waals surface area (Å²) in [6.45, 7) is 2.58. The number of carbonyl (C=O) groups is 1. The van der Waals surface area contributed by atoms with Crippen LogP contribution in [0.3, 0.4) is 0 Å². The zero-order valence-corrected chi connectivity index (χ0v) is 11.0. The van der Waals surface area contributed by atoms with Crippen molar-refractivity contribution in [2.45, 2.75) is 37.6 Å². The summed E-state index contributed by atoms with van der Waals surface area (Å²) in [5.41, 5.74) is -0.570. The van der Waals surface area contributed by atoms with E-state index in [1.54, 1.807) is 11.0 Å². The van der Waals surface area contributed by atoms with Crippen molar-refractivity contribution in [3.63, 3.8) is 0 Å². The van der Waals surface area contributed by atoms with E-state index in [0.717, 1.165) is 25.7 Å². The molecule has 1 saturated heterocycles. The molecule has 1 amide bonds. The van der Waals surface area contributed by atoms with Gasteiger partial charge in [0, 0.05) is 13.1 Å². The number of nitrogens with zero attached hydrogens (tertiary/aromatic N) is 5. The highest BCUT2D eigenvalue weighted by Gasteiger charge is 2.45. The summed E-state index contributed by atoms with van der Waals surface area (Å²) in [6.07, 6.45) is 6.51. The number of morpholine rings is 1. The molecule has 0 atom stereocenters. The average Bonchev–Trinajstić information content (AvgIpc) is 3.03. The van der Waals surface area contributed by atoms with Crippen molar-refractivity contribution in [3.8, 4) is 0 Å². The van der Waals surface area contributed by atoms with Crippen LogP contribution < -0.4 is 0 Å². The Balaban J connectivity index is 1.88. The van der Waals surface area contributed by atoms with E-state index in [0.29, 0.717) is 26.3 Å². The Morgan fingerprint density at radius 2 is 1.89 bits per heavy atom. The maximum Gasteiger partial charge on any atom is 0.250 e. The summed E-state index contributed by atoms with van der Waals surface area (Å²) in [4.78, 5) is 14.8. The van der Waals surface area contributed by atoms with Gasteiger partial charge in [-0.15, -0.1) is 5.10 Å². The van der Waals surface area contributed by atoms with Crippen LogP contribution in [0.1, 0.15) is 32.1 Å². The fourth-order valence-electron chi connectivity index (χ4n) is 3.10. The Morgan fingerprint density at radius 3 is 2.53 bits per heavy atom. The first-order valence-electron chi connectivity index (χ1n) is 6.93. The standard InChI is InChI=1S/C12H19N5O2/c18-11(16-6-8-19-9-7-16)12(4-2-1-3-5-12)17-10-13-14-15-17/h10H,1-9H2. The van der Waals surface area contributed by atoms with Crippen LogP contribution in [0.5, 0.6) is 0 Å². The molecule has 1 aromatic rings. The fourth-order valence-corrected chi connectivity index (χ4v) is 3.10. The van der Waals surface area contributed by atoms with Crippen LogP contribution in [0.15, 0.2) is 6.33 Å². The summed E-state index contributed by atoms with van der Waals surface area (Å²) in [6, 6.07) is 0. The molecule has 1 aromatic heterocycles. The van der Waals surface area contributed by atoms with Gasteiger partial charge in [-0.1, -0.05) is 19.3 Å². The van der Waals surface area contributed by atoms with E-state index in [4.69, 9.17) is 4.74 Å². The molecule has 7 nitrogen and oxygen atoms in total. The molecule has 0 N–H and O–H groups in total. The molecule has 0 aromatic carbocycles. The van der Waals surface area contributed by atoms with Crippen LogP contribution in [-0.2, 0) is 15.1 Å². The molecule has 19 heavy (non-hydrogen) atoms. The topological polar surface area (TPSA) is 73.1 Å². The van der Waals surface area contributed by atoms with Gasteiger partial charge < -0.3 is 9.64 Å². The number of rotatable bonds is 2. The minimum absolute atomic E-state index is 0.155. The second-order valence-electron chi connectivity index (χ2n) is 5.25. The van der Waals surface area contributed by atoms with Crippen LogP contribution in [-0.4, -0.2) is 57.3 Å². The summed E-state index contributed by atoms with van der Waals surface area (Å²) in [7, 11) is 0. The molecule has 0 unspecified atom stereocenters. The smallest absolute Gasteiger partial charge is 0.250 e. The molecule has 104 valence electrons. The number of ether oxygens (including phenoxy) is 1. The van der Waals surface area contributed by atoms with Gasteiger partial charge in [0.15, 0.2) is 0 Å². The first kappa shape index (κ1) is 12.5. The highest BCUT2D eigenvalue weighted by atomic mass is 16.5. The van der Waals surface area contributed by atoms with Crippen molar-refractivity contribution in [1.29, 1.82) is 0 Å². The maximum absolute atomic E-state index is 12.9. The summed E-state index contributed by atoms with van der Waals surface area (Å²) in [5, 5.41) is 11.4. The van der Waals surface area contributed by atoms with E-state index in [1.165, 1.54) is 6.42 Å². The van der Waals surface area contributed by atoms with Crippen molar-refractivity contribution in [2.75, 3.05) is 26.3 Å². The van der Waals surface area contributed by atoms with Crippen molar-refractivity contribution < 1.29 is 9.53 Å². The Labute approximate surface area is 111 Å². The van der Waals surface area contributed by atoms with Gasteiger partial charge in [-0.2, -0.15) is 0 Å². The Morgan fingerprint density at radius 1 is 1.16 bits per heavy atom. The van der Waals surface area contributed by atoms with Gasteiger partial charge in [0.1, 0.15) is 11.9 Å². The van der Waals surface area contributed by atoms with E-state index >= 15 is 0 Å². The lowest BCUT2D eigenvalue weighted by molar-refractivity contribution is -0.147. The van der Waals surface area contributed by atoms with Gasteiger partial charge in [-0.05, 0) is 23.3 Å². The van der Waals surface area contributed by atoms with Crippen molar-refractivity contribution in [1.82, 2.24) is 25.1 Å². The van der Waals surface area contributed by atoms with Crippen LogP contribution in [0.25, 0.3) is 0 Å². The first-order chi connectivity index (χ1) is 9.33. The third-order valence-electron chi connectivity index (χ3n) is 4.16. The number of aromatic nitrogens is 4. The Bertz CT molecular complexity index is 421. The molecule has 0 bridgehead atoms. The lowest BCUT2D eigenvalue weighted by atomic mass is 9.80. The zero-order valence-electron chi connectivity index (χ0n) is 11.0. The molecule has 7 heteroatoms. The highest BCUT2D eigenvalue weighted by Crippen LogP contribution is 2.36. The minimum atomic E-state index is -0.570. The molecule has 1 aliphatic heterocycles. The summed E-state index contributed by atoms with van der Waals surface area (Å²) < 4.78 is 6.99. The quantitative estimate of drug-likeness (QED) is 0.763. The SMILES string of the molecule is O=C(N1CCOCC1)C1(n2cnnn2)CCCCC1. The second-order valence-corrected chi connectivity index (χ2v) is 5.25. The minimum Gasteiger partial charge on any atom is -0.378 e. The van der Waals surface area contributed by atoms with E-state index in [-0.39, 0.29) is 5.91 Å². The maximum atomic E-state index is 12.9. The van der Waals surface area contributed by atoms with Gasteiger partial charge in [-0.25, -0.2) is 4.68 Å². The molecule has 2 fully saturated rings. The molecular weight excluding hydrogens is 246 g/mol. The number of hydrogen-bond acceptors (Lipinski definition) is 5. The van der Waals surface area contributed by atoms with E-state index in [9.17, 15) is 4.79 Å². The van der Waals surface area contributed by atoms with Crippen LogP contribution in [0, 0.1) is 0 Å². The molecular formula is C12H19N5O2. The lowest BCUT2D eigenvalue weighted by Gasteiger charge is -2.40. The fraction of sp³-hybridized carbons (Fsp3) is 0.833. The van der Waals surface area contributed by atoms with Gasteiger partial charge in [-0.3, -0.25) is 4.79 Å². The molecule has 2 heterocycles. The molecule has 1 aliphatic carbocycles. The highest BCUT2D eigenvalue weighted by molar-refractivity contribution is 5.84. The molecule has 1 saturated carbocycles. The first-order valence-corrected chi connectivity index (χ1v) is 6.93. The van der Waals surface area contributed by atoms with E-state index in [2.05, 4.69) is 15.5 Å². The van der Waals surface area contributed by atoms with Gasteiger partial charge in [0.25, 0.3) is 5.91 Å². The molecule has 0 radical (unpaired) electrons. The van der Waals surface area contributed by atoms with Crippen molar-refractivity contribution >= 4 is 5.91 Å². The third-order valence-corrected chi connectivity index (χ3v) is 4.16. The molecule has 3 rings (SSSR count). The molecule has 2 aliphatic rings. The van der Waals surface area contributed by atoms with E-state index < -0.39 is 5.54 Å². The number of hydrogen-bond donors (Lipinski definition) is 0. The van der Waals surface area contributed by atoms with Crippen molar-refractivity contribution in [2.24, 2.45) is 0 Å². The van der Waals surface area contributed by atoms with Gasteiger partial charge in [0.05, 0.1) is 13.2 Å². The number of amides is 1. The number of carbonyl (C=O) groups excluding carboxylic acids is 1. The lowest BCUT2D eigenvalue weighted by Crippen LogP contribution is -2.54. The normalized spacial score (nSPS) is 23.3. The van der Waals surface area contributed by atoms with Gasteiger partial charge >= 0.3 is 0 Å². The Hall–Kier alpha value is -1.50. The predicted octanol–water partition coefficient (Wildman–Crippen LogP) is 0.191. The molecule has 0 spiro atoms. The summed E-state index contributed by atoms with van der Waals surface area (Å²) in [5.74, 6) is 0.155. The van der Waals surface area contributed by atoms with Gasteiger partial charge in [0.2, 0.25) is 0 Å². The van der Waals surface area contributed by atoms with Crippen LogP contribution >= 0.6 is 0 Å². The predicted molar refractivity (Wildman–Crippen MR) is 66.3 cm³/mol. The summed E-state index contributed by atoms with van der Waals surface area (Å²) >= 11 is 0.